The molecule has 2 rings (SSSR count). The van der Waals surface area contributed by atoms with Crippen LogP contribution < -0.4 is 10.5 Å². The Hall–Kier alpha value is -2.61. The molecular weight excluding hydrogens is 356 g/mol. The van der Waals surface area contributed by atoms with Gasteiger partial charge in [-0.05, 0) is 43.9 Å². The molecule has 0 aliphatic rings. The zero-order chi connectivity index (χ0) is 19.5. The second kappa shape index (κ2) is 7.74. The van der Waals surface area contributed by atoms with Crippen molar-refractivity contribution in [1.82, 2.24) is 4.83 Å². The normalized spacial score (nSPS) is 13.5. The first kappa shape index (κ1) is 19.7. The lowest BCUT2D eigenvalue weighted by molar-refractivity contribution is 0.432. The molecular formula is C18H22N2O5S. The maximum absolute atomic E-state index is 12.4. The van der Waals surface area contributed by atoms with Gasteiger partial charge in [0.05, 0.1) is 10.6 Å². The van der Waals surface area contributed by atoms with E-state index in [1.54, 1.807) is 12.1 Å². The molecule has 2 aromatic rings. The summed E-state index contributed by atoms with van der Waals surface area (Å²) in [5, 5.41) is 13.6. The van der Waals surface area contributed by atoms with Crippen LogP contribution >= 0.6 is 0 Å². The number of aromatic hydroxyl groups is 1. The van der Waals surface area contributed by atoms with Crippen LogP contribution in [0.4, 0.5) is 0 Å². The van der Waals surface area contributed by atoms with Gasteiger partial charge >= 0.3 is 5.63 Å². The molecule has 0 fully saturated rings. The van der Waals surface area contributed by atoms with Crippen LogP contribution in [0.1, 0.15) is 50.0 Å². The Morgan fingerprint density at radius 1 is 1.31 bits per heavy atom. The highest BCUT2D eigenvalue weighted by Gasteiger charge is 2.17. The van der Waals surface area contributed by atoms with Gasteiger partial charge in [0, 0.05) is 6.07 Å². The summed E-state index contributed by atoms with van der Waals surface area (Å²) >= 11 is 0. The monoisotopic (exact) mass is 378 g/mol. The molecule has 0 aliphatic heterocycles. The Bertz CT molecular complexity index is 976. The van der Waals surface area contributed by atoms with E-state index in [-0.39, 0.29) is 27.7 Å². The van der Waals surface area contributed by atoms with Crippen LogP contribution in [0.25, 0.3) is 0 Å². The van der Waals surface area contributed by atoms with Crippen molar-refractivity contribution in [3.63, 3.8) is 0 Å². The van der Waals surface area contributed by atoms with Gasteiger partial charge in [-0.3, -0.25) is 0 Å². The largest absolute Gasteiger partial charge is 0.507 e. The van der Waals surface area contributed by atoms with Gasteiger partial charge in [0.15, 0.2) is 0 Å². The molecule has 0 aliphatic carbocycles. The Balaban J connectivity index is 2.27. The smallest absolute Gasteiger partial charge is 0.348 e. The van der Waals surface area contributed by atoms with Crippen LogP contribution in [0.2, 0.25) is 0 Å². The maximum Gasteiger partial charge on any atom is 0.348 e. The Labute approximate surface area is 152 Å². The van der Waals surface area contributed by atoms with Gasteiger partial charge < -0.3 is 9.52 Å². The maximum atomic E-state index is 12.4. The van der Waals surface area contributed by atoms with Gasteiger partial charge in [-0.25, -0.2) is 4.79 Å². The molecule has 0 saturated carbocycles. The van der Waals surface area contributed by atoms with Gasteiger partial charge in [-0.15, -0.1) is 0 Å². The zero-order valence-electron chi connectivity index (χ0n) is 15.1. The lowest BCUT2D eigenvalue weighted by Crippen LogP contribution is -2.22. The number of sulfonamides is 1. The van der Waals surface area contributed by atoms with E-state index in [1.807, 2.05) is 0 Å². The molecule has 7 nitrogen and oxygen atoms in total. The van der Waals surface area contributed by atoms with Crippen molar-refractivity contribution in [3.8, 4) is 5.75 Å². The molecule has 1 heterocycles. The first-order valence-electron chi connectivity index (χ1n) is 8.15. The number of nitrogens with zero attached hydrogens (tertiary/aromatic N) is 1. The number of nitrogens with one attached hydrogen (secondary N) is 1. The molecule has 0 radical (unpaired) electrons. The summed E-state index contributed by atoms with van der Waals surface area (Å²) in [6.07, 6.45) is 0.955. The molecule has 1 atom stereocenters. The predicted molar refractivity (Wildman–Crippen MR) is 99.1 cm³/mol. The second-order valence-corrected chi connectivity index (χ2v) is 7.74. The highest BCUT2D eigenvalue weighted by molar-refractivity contribution is 7.89. The summed E-state index contributed by atoms with van der Waals surface area (Å²) in [6, 6.07) is 7.80. The third-order valence-electron chi connectivity index (χ3n) is 4.12. The molecule has 1 aromatic heterocycles. The molecule has 0 spiro atoms. The molecule has 8 heteroatoms. The minimum atomic E-state index is -3.90. The van der Waals surface area contributed by atoms with E-state index >= 15 is 0 Å². The van der Waals surface area contributed by atoms with Gasteiger partial charge in [0.25, 0.3) is 10.0 Å². The predicted octanol–water partition coefficient (Wildman–Crippen LogP) is 2.87. The number of hydrogen-bond donors (Lipinski definition) is 2. The van der Waals surface area contributed by atoms with Crippen molar-refractivity contribution >= 4 is 15.7 Å². The zero-order valence-corrected chi connectivity index (χ0v) is 15.9. The molecule has 0 saturated heterocycles. The fraction of sp³-hybridized carbons (Fsp3) is 0.333. The van der Waals surface area contributed by atoms with Crippen molar-refractivity contribution < 1.29 is 17.9 Å². The number of benzene rings is 1. The highest BCUT2D eigenvalue weighted by atomic mass is 32.2. The van der Waals surface area contributed by atoms with E-state index in [4.69, 9.17) is 4.42 Å². The van der Waals surface area contributed by atoms with Crippen LogP contribution in [-0.4, -0.2) is 19.2 Å². The van der Waals surface area contributed by atoms with E-state index in [1.165, 1.54) is 32.0 Å². The number of rotatable bonds is 6. The van der Waals surface area contributed by atoms with Gasteiger partial charge in [-0.2, -0.15) is 18.4 Å². The van der Waals surface area contributed by atoms with Crippen LogP contribution in [0, 0.1) is 6.92 Å². The fourth-order valence-electron chi connectivity index (χ4n) is 2.38. The van der Waals surface area contributed by atoms with E-state index in [2.05, 4.69) is 23.8 Å². The van der Waals surface area contributed by atoms with E-state index in [9.17, 15) is 18.3 Å². The molecule has 1 unspecified atom stereocenters. The SMILES string of the molecule is CCC(C)c1ccc(S(=O)(=O)NN=C(C)c2c(O)cc(C)oc2=O)cc1. The lowest BCUT2D eigenvalue weighted by atomic mass is 9.99. The Morgan fingerprint density at radius 2 is 1.92 bits per heavy atom. The molecule has 0 bridgehead atoms. The summed E-state index contributed by atoms with van der Waals surface area (Å²) < 4.78 is 29.6. The first-order valence-corrected chi connectivity index (χ1v) is 9.64. The summed E-state index contributed by atoms with van der Waals surface area (Å²) in [5.41, 5.74) is 0.0654. The van der Waals surface area contributed by atoms with Crippen LogP contribution in [0.15, 0.2) is 49.5 Å². The average Bonchev–Trinajstić information content (AvgIpc) is 2.58. The molecule has 140 valence electrons. The lowest BCUT2D eigenvalue weighted by Gasteiger charge is -2.10. The van der Waals surface area contributed by atoms with Crippen LogP contribution in [0.5, 0.6) is 5.75 Å². The number of hydrogen-bond acceptors (Lipinski definition) is 6. The Kier molecular flexibility index (Phi) is 5.86. The molecule has 0 amide bonds. The first-order chi connectivity index (χ1) is 12.2. The number of hydrazone groups is 1. The molecule has 26 heavy (non-hydrogen) atoms. The highest BCUT2D eigenvalue weighted by Crippen LogP contribution is 2.20. The van der Waals surface area contributed by atoms with Gasteiger partial charge in [0.1, 0.15) is 17.1 Å². The van der Waals surface area contributed by atoms with Crippen molar-refractivity contribution in [2.24, 2.45) is 5.10 Å². The Morgan fingerprint density at radius 3 is 2.46 bits per heavy atom. The van der Waals surface area contributed by atoms with Gasteiger partial charge in [-0.1, -0.05) is 26.0 Å². The molecule has 2 N–H and O–H groups in total. The van der Waals surface area contributed by atoms with E-state index < -0.39 is 15.6 Å². The van der Waals surface area contributed by atoms with E-state index in [0.29, 0.717) is 5.92 Å². The van der Waals surface area contributed by atoms with Crippen LogP contribution in [0.3, 0.4) is 0 Å². The van der Waals surface area contributed by atoms with Crippen molar-refractivity contribution in [2.45, 2.75) is 44.9 Å². The average molecular weight is 378 g/mol. The fourth-order valence-corrected chi connectivity index (χ4v) is 3.23. The second-order valence-electron chi connectivity index (χ2n) is 6.08. The third kappa shape index (κ3) is 4.32. The van der Waals surface area contributed by atoms with Crippen molar-refractivity contribution in [1.29, 1.82) is 0 Å². The minimum absolute atomic E-state index is 0.00366. The van der Waals surface area contributed by atoms with Gasteiger partial charge in [0.2, 0.25) is 0 Å². The third-order valence-corrected chi connectivity index (χ3v) is 5.35. The molecule has 1 aromatic carbocycles. The summed E-state index contributed by atoms with van der Waals surface area (Å²) in [6.45, 7) is 7.04. The topological polar surface area (TPSA) is 109 Å². The van der Waals surface area contributed by atoms with Crippen LogP contribution in [-0.2, 0) is 10.0 Å². The summed E-state index contributed by atoms with van der Waals surface area (Å²) in [5.74, 6) is 0.256. The van der Waals surface area contributed by atoms with E-state index in [0.717, 1.165) is 12.0 Å². The quantitative estimate of drug-likeness (QED) is 0.593. The summed E-state index contributed by atoms with van der Waals surface area (Å²) in [7, 11) is -3.90. The minimum Gasteiger partial charge on any atom is -0.507 e. The standard InChI is InChI=1S/C18H22N2O5S/c1-5-11(2)14-6-8-15(9-7-14)26(23,24)20-19-13(4)17-16(21)10-12(3)25-18(17)22/h6-11,20-21H,5H2,1-4H3. The van der Waals surface area contributed by atoms with Crippen molar-refractivity contribution in [2.75, 3.05) is 0 Å². The summed E-state index contributed by atoms with van der Waals surface area (Å²) in [4.78, 5) is 14.0. The number of aryl methyl sites for hydroxylation is 1. The van der Waals surface area contributed by atoms with Crippen molar-refractivity contribution in [3.05, 3.63) is 57.6 Å².